The number of halogens is 2. The van der Waals surface area contributed by atoms with Crippen LogP contribution in [0.3, 0.4) is 0 Å². The molecule has 5 heteroatoms. The summed E-state index contributed by atoms with van der Waals surface area (Å²) >= 11 is 0. The molecule has 1 amide bonds. The summed E-state index contributed by atoms with van der Waals surface area (Å²) in [6, 6.07) is 2.74. The topological polar surface area (TPSA) is 46.3 Å². The second-order valence-corrected chi connectivity index (χ2v) is 4.24. The summed E-state index contributed by atoms with van der Waals surface area (Å²) in [5, 5.41) is 0. The van der Waals surface area contributed by atoms with Crippen LogP contribution in [0.4, 0.5) is 8.78 Å². The molecule has 1 atom stereocenters. The minimum absolute atomic E-state index is 0.128. The molecule has 0 aliphatic heterocycles. The number of nitrogens with zero attached hydrogens (tertiary/aromatic N) is 1. The van der Waals surface area contributed by atoms with Crippen molar-refractivity contribution < 1.29 is 13.6 Å². The summed E-state index contributed by atoms with van der Waals surface area (Å²) < 4.78 is 26.7. The van der Waals surface area contributed by atoms with Gasteiger partial charge in [0.05, 0.1) is 6.04 Å². The third-order valence-corrected chi connectivity index (χ3v) is 2.98. The SMILES string of the molecule is C[C@H](c1cc(F)ccc1F)N(C)C(=O)CCCN. The van der Waals surface area contributed by atoms with Crippen LogP contribution in [0.25, 0.3) is 0 Å². The van der Waals surface area contributed by atoms with Gasteiger partial charge < -0.3 is 10.6 Å². The van der Waals surface area contributed by atoms with Crippen LogP contribution in [0.1, 0.15) is 31.4 Å². The second-order valence-electron chi connectivity index (χ2n) is 4.24. The van der Waals surface area contributed by atoms with Crippen molar-refractivity contribution in [1.29, 1.82) is 0 Å². The van der Waals surface area contributed by atoms with Crippen molar-refractivity contribution in [2.24, 2.45) is 5.73 Å². The zero-order chi connectivity index (χ0) is 13.7. The molecule has 3 nitrogen and oxygen atoms in total. The van der Waals surface area contributed by atoms with Crippen LogP contribution in [-0.4, -0.2) is 24.4 Å². The second kappa shape index (κ2) is 6.44. The molecule has 100 valence electrons. The van der Waals surface area contributed by atoms with Gasteiger partial charge in [0.25, 0.3) is 0 Å². The third-order valence-electron chi connectivity index (χ3n) is 2.98. The lowest BCUT2D eigenvalue weighted by Crippen LogP contribution is -2.30. The van der Waals surface area contributed by atoms with Gasteiger partial charge >= 0.3 is 0 Å². The fourth-order valence-corrected chi connectivity index (χ4v) is 1.69. The maximum absolute atomic E-state index is 13.6. The maximum Gasteiger partial charge on any atom is 0.222 e. The Morgan fingerprint density at radius 1 is 1.44 bits per heavy atom. The number of nitrogens with two attached hydrogens (primary N) is 1. The van der Waals surface area contributed by atoms with Crippen molar-refractivity contribution in [3.05, 3.63) is 35.4 Å². The van der Waals surface area contributed by atoms with E-state index in [-0.39, 0.29) is 11.5 Å². The summed E-state index contributed by atoms with van der Waals surface area (Å²) in [6.07, 6.45) is 0.899. The highest BCUT2D eigenvalue weighted by Gasteiger charge is 2.20. The Balaban J connectivity index is 2.82. The van der Waals surface area contributed by atoms with Crippen LogP contribution in [0.5, 0.6) is 0 Å². The van der Waals surface area contributed by atoms with Crippen LogP contribution in [-0.2, 0) is 4.79 Å². The normalized spacial score (nSPS) is 12.3. The van der Waals surface area contributed by atoms with Crippen LogP contribution in [0, 0.1) is 11.6 Å². The first kappa shape index (κ1) is 14.6. The van der Waals surface area contributed by atoms with E-state index in [1.54, 1.807) is 14.0 Å². The zero-order valence-electron chi connectivity index (χ0n) is 10.6. The molecule has 0 unspecified atom stereocenters. The molecule has 0 aliphatic carbocycles. The van der Waals surface area contributed by atoms with E-state index >= 15 is 0 Å². The maximum atomic E-state index is 13.6. The average molecular weight is 256 g/mol. The van der Waals surface area contributed by atoms with Crippen LogP contribution >= 0.6 is 0 Å². The van der Waals surface area contributed by atoms with Crippen molar-refractivity contribution in [2.75, 3.05) is 13.6 Å². The first-order valence-corrected chi connectivity index (χ1v) is 5.88. The largest absolute Gasteiger partial charge is 0.339 e. The molecule has 0 aliphatic rings. The van der Waals surface area contributed by atoms with Crippen LogP contribution < -0.4 is 5.73 Å². The minimum Gasteiger partial charge on any atom is -0.339 e. The Morgan fingerprint density at radius 3 is 2.72 bits per heavy atom. The number of carbonyl (C=O) groups is 1. The number of hydrogen-bond acceptors (Lipinski definition) is 2. The monoisotopic (exact) mass is 256 g/mol. The predicted molar refractivity (Wildman–Crippen MR) is 65.8 cm³/mol. The Morgan fingerprint density at radius 2 is 2.11 bits per heavy atom. The van der Waals surface area contributed by atoms with Crippen LogP contribution in [0.15, 0.2) is 18.2 Å². The highest BCUT2D eigenvalue weighted by atomic mass is 19.1. The van der Waals surface area contributed by atoms with Gasteiger partial charge in [-0.3, -0.25) is 4.79 Å². The number of hydrogen-bond donors (Lipinski definition) is 1. The molecule has 1 aromatic rings. The standard InChI is InChI=1S/C13H18F2N2O/c1-9(17(2)13(18)4-3-7-16)11-8-10(14)5-6-12(11)15/h5-6,8-9H,3-4,7,16H2,1-2H3/t9-/m1/s1. The van der Waals surface area contributed by atoms with Crippen molar-refractivity contribution in [2.45, 2.75) is 25.8 Å². The quantitative estimate of drug-likeness (QED) is 0.878. The van der Waals surface area contributed by atoms with Crippen LogP contribution in [0.2, 0.25) is 0 Å². The molecule has 0 bridgehead atoms. The van der Waals surface area contributed by atoms with Gasteiger partial charge in [-0.25, -0.2) is 8.78 Å². The Hall–Kier alpha value is -1.49. The van der Waals surface area contributed by atoms with E-state index in [4.69, 9.17) is 5.73 Å². The molecular formula is C13H18F2N2O. The number of carbonyl (C=O) groups excluding carboxylic acids is 1. The first-order chi connectivity index (χ1) is 8.47. The first-order valence-electron chi connectivity index (χ1n) is 5.88. The lowest BCUT2D eigenvalue weighted by atomic mass is 10.1. The molecule has 2 N–H and O–H groups in total. The molecule has 0 radical (unpaired) electrons. The van der Waals surface area contributed by atoms with E-state index in [9.17, 15) is 13.6 Å². The van der Waals surface area contributed by atoms with Gasteiger partial charge in [-0.05, 0) is 38.1 Å². The Kier molecular flexibility index (Phi) is 5.22. The molecule has 18 heavy (non-hydrogen) atoms. The van der Waals surface area contributed by atoms with Gasteiger partial charge in [-0.2, -0.15) is 0 Å². The highest BCUT2D eigenvalue weighted by molar-refractivity contribution is 5.76. The molecule has 1 aromatic carbocycles. The summed E-state index contributed by atoms with van der Waals surface area (Å²) in [6.45, 7) is 2.10. The number of rotatable bonds is 5. The zero-order valence-corrected chi connectivity index (χ0v) is 10.6. The summed E-state index contributed by atoms with van der Waals surface area (Å²) in [5.74, 6) is -1.15. The minimum atomic E-state index is -0.513. The fraction of sp³-hybridized carbons (Fsp3) is 0.462. The molecule has 1 rings (SSSR count). The van der Waals surface area contributed by atoms with Gasteiger partial charge in [0, 0.05) is 19.0 Å². The summed E-state index contributed by atoms with van der Waals surface area (Å²) in [5.41, 5.74) is 5.51. The molecule has 0 fully saturated rings. The molecule has 0 aromatic heterocycles. The lowest BCUT2D eigenvalue weighted by Gasteiger charge is -2.25. The van der Waals surface area contributed by atoms with Gasteiger partial charge in [-0.1, -0.05) is 0 Å². The van der Waals surface area contributed by atoms with Gasteiger partial charge in [0.1, 0.15) is 11.6 Å². The predicted octanol–water partition coefficient (Wildman–Crippen LogP) is 2.22. The van der Waals surface area contributed by atoms with Crippen molar-refractivity contribution in [1.82, 2.24) is 4.90 Å². The molecule has 0 spiro atoms. The van der Waals surface area contributed by atoms with Crippen molar-refractivity contribution in [3.63, 3.8) is 0 Å². The molecular weight excluding hydrogens is 238 g/mol. The number of amides is 1. The van der Waals surface area contributed by atoms with Gasteiger partial charge in [0.15, 0.2) is 0 Å². The van der Waals surface area contributed by atoms with E-state index in [2.05, 4.69) is 0 Å². The Bertz CT molecular complexity index is 423. The van der Waals surface area contributed by atoms with Gasteiger partial charge in [-0.15, -0.1) is 0 Å². The van der Waals surface area contributed by atoms with Crippen molar-refractivity contribution in [3.8, 4) is 0 Å². The van der Waals surface area contributed by atoms with E-state index in [1.165, 1.54) is 4.90 Å². The third kappa shape index (κ3) is 3.50. The van der Waals surface area contributed by atoms with E-state index < -0.39 is 17.7 Å². The van der Waals surface area contributed by atoms with Crippen molar-refractivity contribution >= 4 is 5.91 Å². The van der Waals surface area contributed by atoms with Gasteiger partial charge in [0.2, 0.25) is 5.91 Å². The Labute approximate surface area is 106 Å². The smallest absolute Gasteiger partial charge is 0.222 e. The van der Waals surface area contributed by atoms with E-state index in [0.717, 1.165) is 18.2 Å². The number of benzene rings is 1. The average Bonchev–Trinajstić information content (AvgIpc) is 2.37. The summed E-state index contributed by atoms with van der Waals surface area (Å²) in [4.78, 5) is 13.2. The van der Waals surface area contributed by atoms with E-state index in [0.29, 0.717) is 19.4 Å². The fourth-order valence-electron chi connectivity index (χ4n) is 1.69. The highest BCUT2D eigenvalue weighted by Crippen LogP contribution is 2.23. The molecule has 0 saturated carbocycles. The molecule has 0 saturated heterocycles. The lowest BCUT2D eigenvalue weighted by molar-refractivity contribution is -0.131. The van der Waals surface area contributed by atoms with E-state index in [1.807, 2.05) is 0 Å². The molecule has 0 heterocycles. The summed E-state index contributed by atoms with van der Waals surface area (Å²) in [7, 11) is 1.58.